The largest absolute Gasteiger partial charge is 0.667 e. The quantitative estimate of drug-likeness (QED) is 0.820. The Kier molecular flexibility index (Phi) is 5.59. The summed E-state index contributed by atoms with van der Waals surface area (Å²) in [7, 11) is 0. The first-order valence-electron chi connectivity index (χ1n) is 3.07. The smallest absolute Gasteiger partial charge is 0.0532 e. The van der Waals surface area contributed by atoms with Crippen molar-refractivity contribution in [3.05, 3.63) is 41.6 Å². The molecule has 0 atom stereocenters. The zero-order valence-corrected chi connectivity index (χ0v) is 7.97. The molecule has 0 saturated carbocycles. The van der Waals surface area contributed by atoms with E-state index in [9.17, 15) is 4.79 Å². The number of hydrogen-bond acceptors (Lipinski definition) is 1. The van der Waals surface area contributed by atoms with Crippen LogP contribution >= 0.6 is 0 Å². The number of nitrogens with one attached hydrogen (secondary N) is 1. The van der Waals surface area contributed by atoms with Crippen molar-refractivity contribution >= 4 is 5.91 Å². The van der Waals surface area contributed by atoms with Crippen LogP contribution in [0.3, 0.4) is 0 Å². The number of benzene rings is 1. The molecule has 1 N–H and O–H groups in total. The van der Waals surface area contributed by atoms with Gasteiger partial charge < -0.3 is 10.5 Å². The fraction of sp³-hybridized carbons (Fsp3) is 0.125. The molecular formula is C8H8NOTb-. The second kappa shape index (κ2) is 5.60. The van der Waals surface area contributed by atoms with Gasteiger partial charge >= 0.3 is 0 Å². The second-order valence-corrected chi connectivity index (χ2v) is 2.09. The Morgan fingerprint density at radius 2 is 1.82 bits per heavy atom. The van der Waals surface area contributed by atoms with Crippen LogP contribution in [-0.2, 0) is 11.2 Å². The van der Waals surface area contributed by atoms with Crippen molar-refractivity contribution in [2.75, 3.05) is 0 Å². The van der Waals surface area contributed by atoms with E-state index in [1.807, 2.05) is 30.3 Å². The van der Waals surface area contributed by atoms with Gasteiger partial charge in [-0.1, -0.05) is 30.3 Å². The molecule has 1 aromatic carbocycles. The molecular weight excluding hydrogens is 285 g/mol. The summed E-state index contributed by atoms with van der Waals surface area (Å²) in [6.45, 7) is 0. The average molecular weight is 293 g/mol. The van der Waals surface area contributed by atoms with Crippen LogP contribution in [0.4, 0.5) is 0 Å². The Morgan fingerprint density at radius 3 is 2.27 bits per heavy atom. The molecule has 1 aromatic rings. The molecule has 0 aliphatic heterocycles. The zero-order valence-electron chi connectivity index (χ0n) is 5.84. The van der Waals surface area contributed by atoms with Gasteiger partial charge in [-0.3, -0.25) is 0 Å². The third-order valence-electron chi connectivity index (χ3n) is 1.21. The summed E-state index contributed by atoms with van der Waals surface area (Å²) in [5.41, 5.74) is 7.58. The molecule has 0 bridgehead atoms. The molecule has 3 heteroatoms. The summed E-state index contributed by atoms with van der Waals surface area (Å²) in [5.74, 6) is -0.536. The summed E-state index contributed by atoms with van der Waals surface area (Å²) in [6.07, 6.45) is 0.223. The maximum Gasteiger partial charge on any atom is 0.0532 e. The van der Waals surface area contributed by atoms with E-state index in [0.29, 0.717) is 0 Å². The molecule has 0 aromatic heterocycles. The number of carbonyl (C=O) groups is 1. The summed E-state index contributed by atoms with van der Waals surface area (Å²) in [6, 6.07) is 9.29. The van der Waals surface area contributed by atoms with Crippen molar-refractivity contribution < 1.29 is 43.4 Å². The average Bonchev–Trinajstić information content (AvgIpc) is 1.88. The maximum atomic E-state index is 10.3. The Hall–Kier alpha value is -0.0243. The fourth-order valence-corrected chi connectivity index (χ4v) is 0.781. The predicted molar refractivity (Wildman–Crippen MR) is 39.5 cm³/mol. The number of hydrogen-bond donors (Lipinski definition) is 0. The molecule has 2 nitrogen and oxygen atoms in total. The first-order chi connectivity index (χ1) is 4.79. The van der Waals surface area contributed by atoms with Gasteiger partial charge in [0, 0.05) is 45.0 Å². The van der Waals surface area contributed by atoms with E-state index in [-0.39, 0.29) is 45.0 Å². The van der Waals surface area contributed by atoms with Gasteiger partial charge in [0.1, 0.15) is 0 Å². The summed E-state index contributed by atoms with van der Waals surface area (Å²) >= 11 is 0. The van der Waals surface area contributed by atoms with Gasteiger partial charge in [0.05, 0.1) is 5.91 Å². The summed E-state index contributed by atoms with van der Waals surface area (Å²) in [4.78, 5) is 10.3. The predicted octanol–water partition coefficient (Wildman–Crippen LogP) is 1.81. The van der Waals surface area contributed by atoms with Crippen molar-refractivity contribution in [2.24, 2.45) is 0 Å². The minimum Gasteiger partial charge on any atom is -0.667 e. The Balaban J connectivity index is 0.000001000. The molecule has 1 amide bonds. The summed E-state index contributed by atoms with van der Waals surface area (Å²) in [5, 5.41) is 0. The van der Waals surface area contributed by atoms with Gasteiger partial charge in [-0.05, 0) is 5.56 Å². The standard InChI is InChI=1S/C8H9NO.Tb/c9-8(10)6-7-4-2-1-3-5-7;/h1-5H,6H2,(H2,9,10);/p-1. The van der Waals surface area contributed by atoms with Crippen LogP contribution in [0.1, 0.15) is 5.56 Å². The van der Waals surface area contributed by atoms with E-state index in [2.05, 4.69) is 0 Å². The van der Waals surface area contributed by atoms with Crippen LogP contribution in [-0.4, -0.2) is 5.91 Å². The van der Waals surface area contributed by atoms with Crippen LogP contribution in [0.5, 0.6) is 0 Å². The number of rotatable bonds is 2. The molecule has 0 aliphatic rings. The molecule has 0 unspecified atom stereocenters. The van der Waals surface area contributed by atoms with E-state index in [0.717, 1.165) is 5.56 Å². The Bertz CT molecular complexity index is 223. The minimum atomic E-state index is -0.536. The molecule has 0 fully saturated rings. The topological polar surface area (TPSA) is 40.9 Å². The van der Waals surface area contributed by atoms with E-state index in [1.165, 1.54) is 0 Å². The second-order valence-electron chi connectivity index (χ2n) is 2.09. The van der Waals surface area contributed by atoms with Crippen LogP contribution in [0.25, 0.3) is 5.73 Å². The molecule has 0 aliphatic carbocycles. The molecule has 61 valence electrons. The van der Waals surface area contributed by atoms with Crippen LogP contribution < -0.4 is 0 Å². The van der Waals surface area contributed by atoms with E-state index in [4.69, 9.17) is 5.73 Å². The fourth-order valence-electron chi connectivity index (χ4n) is 0.781. The van der Waals surface area contributed by atoms with Gasteiger partial charge in [0.25, 0.3) is 0 Å². The van der Waals surface area contributed by atoms with Gasteiger partial charge in [0.15, 0.2) is 0 Å². The Labute approximate surface area is 96.6 Å². The first kappa shape index (κ1) is 11.0. The molecule has 0 saturated heterocycles. The Morgan fingerprint density at radius 1 is 1.27 bits per heavy atom. The van der Waals surface area contributed by atoms with Gasteiger partial charge in [-0.25, -0.2) is 0 Å². The SMILES string of the molecule is [NH-]C(=O)Cc1ccccc1.[Tb]. The summed E-state index contributed by atoms with van der Waals surface area (Å²) < 4.78 is 0. The van der Waals surface area contributed by atoms with Gasteiger partial charge in [-0.15, -0.1) is 0 Å². The molecule has 11 heavy (non-hydrogen) atoms. The van der Waals surface area contributed by atoms with Crippen LogP contribution in [0.15, 0.2) is 30.3 Å². The van der Waals surface area contributed by atoms with Crippen LogP contribution in [0, 0.1) is 38.6 Å². The van der Waals surface area contributed by atoms with E-state index >= 15 is 0 Å². The maximum absolute atomic E-state index is 10.3. The third kappa shape index (κ3) is 4.42. The van der Waals surface area contributed by atoms with Crippen molar-refractivity contribution in [2.45, 2.75) is 6.42 Å². The molecule has 1 rings (SSSR count). The van der Waals surface area contributed by atoms with Crippen molar-refractivity contribution in [3.8, 4) is 0 Å². The van der Waals surface area contributed by atoms with Crippen molar-refractivity contribution in [1.29, 1.82) is 0 Å². The molecule has 1 radical (unpaired) electrons. The molecule has 0 spiro atoms. The first-order valence-corrected chi connectivity index (χ1v) is 3.07. The van der Waals surface area contributed by atoms with Gasteiger partial charge in [0.2, 0.25) is 0 Å². The van der Waals surface area contributed by atoms with E-state index < -0.39 is 5.91 Å². The third-order valence-corrected chi connectivity index (χ3v) is 1.21. The van der Waals surface area contributed by atoms with E-state index in [1.54, 1.807) is 0 Å². The minimum absolute atomic E-state index is 0. The van der Waals surface area contributed by atoms with Crippen molar-refractivity contribution in [1.82, 2.24) is 0 Å². The van der Waals surface area contributed by atoms with Crippen molar-refractivity contribution in [3.63, 3.8) is 0 Å². The number of amides is 1. The van der Waals surface area contributed by atoms with Gasteiger partial charge in [-0.2, -0.15) is 0 Å². The number of carbonyl (C=O) groups excluding carboxylic acids is 1. The monoisotopic (exact) mass is 293 g/mol. The zero-order chi connectivity index (χ0) is 7.40. The molecule has 0 heterocycles. The van der Waals surface area contributed by atoms with Crippen LogP contribution in [0.2, 0.25) is 0 Å². The normalized spacial score (nSPS) is 8.36.